The lowest BCUT2D eigenvalue weighted by Gasteiger charge is -2.11. The molecule has 6 aromatic carbocycles. The van der Waals surface area contributed by atoms with E-state index in [9.17, 15) is 5.26 Å². The van der Waals surface area contributed by atoms with Gasteiger partial charge in [-0.05, 0) is 60.7 Å². The molecule has 0 atom stereocenters. The van der Waals surface area contributed by atoms with E-state index in [2.05, 4.69) is 95.6 Å². The van der Waals surface area contributed by atoms with Gasteiger partial charge in [-0.25, -0.2) is 15.0 Å². The van der Waals surface area contributed by atoms with Crippen molar-refractivity contribution in [2.75, 3.05) is 0 Å². The van der Waals surface area contributed by atoms with Crippen LogP contribution < -0.4 is 0 Å². The van der Waals surface area contributed by atoms with Gasteiger partial charge in [0.2, 0.25) is 0 Å². The summed E-state index contributed by atoms with van der Waals surface area (Å²) >= 11 is 1.85. The van der Waals surface area contributed by atoms with Gasteiger partial charge in [0.1, 0.15) is 0 Å². The predicted octanol–water partition coefficient (Wildman–Crippen LogP) is 10.2. The first-order valence-electron chi connectivity index (χ1n) is 15.0. The number of para-hydroxylation sites is 1. The van der Waals surface area contributed by atoms with E-state index >= 15 is 0 Å². The number of benzene rings is 6. The van der Waals surface area contributed by atoms with E-state index in [1.807, 2.05) is 53.8 Å². The molecule has 5 nitrogen and oxygen atoms in total. The van der Waals surface area contributed by atoms with Crippen LogP contribution in [0.2, 0.25) is 0 Å². The molecular weight excluding hydrogens is 583 g/mol. The maximum Gasteiger partial charge on any atom is 0.164 e. The van der Waals surface area contributed by atoms with Gasteiger partial charge < -0.3 is 4.57 Å². The van der Waals surface area contributed by atoms with Crippen molar-refractivity contribution in [3.63, 3.8) is 0 Å². The molecule has 0 spiro atoms. The second kappa shape index (κ2) is 10.5. The van der Waals surface area contributed by atoms with E-state index in [1.165, 1.54) is 42.0 Å². The Bertz CT molecular complexity index is 2630. The van der Waals surface area contributed by atoms with Gasteiger partial charge in [-0.1, -0.05) is 78.9 Å². The fraction of sp³-hybridized carbons (Fsp3) is 0. The number of fused-ring (bicyclic) bond motifs is 7. The number of nitrogens with zero attached hydrogens (tertiary/aromatic N) is 5. The summed E-state index contributed by atoms with van der Waals surface area (Å²) in [6.07, 6.45) is 0. The van der Waals surface area contributed by atoms with Crippen molar-refractivity contribution in [2.24, 2.45) is 0 Å². The van der Waals surface area contributed by atoms with Crippen molar-refractivity contribution in [1.82, 2.24) is 19.5 Å². The van der Waals surface area contributed by atoms with Crippen molar-refractivity contribution < 1.29 is 0 Å². The van der Waals surface area contributed by atoms with Gasteiger partial charge in [-0.2, -0.15) is 5.26 Å². The standard InChI is InChI=1S/C40H23N5S/c41-24-25-14-16-27(17-15-25)39-42-38(26-8-2-1-3-9-26)43-40(44-39)28-18-20-29(21-19-28)45-34-12-6-4-10-30(34)32-22-23-33-31-11-5-7-13-35(31)46-37(33)36(32)45/h1-23H. The number of thiophene rings is 1. The van der Waals surface area contributed by atoms with Crippen LogP contribution in [0.3, 0.4) is 0 Å². The van der Waals surface area contributed by atoms with Crippen molar-refractivity contribution in [3.05, 3.63) is 145 Å². The van der Waals surface area contributed by atoms with Gasteiger partial charge >= 0.3 is 0 Å². The largest absolute Gasteiger partial charge is 0.308 e. The molecule has 0 fully saturated rings. The van der Waals surface area contributed by atoms with Crippen LogP contribution >= 0.6 is 11.3 Å². The Balaban J connectivity index is 1.22. The molecule has 0 radical (unpaired) electrons. The second-order valence-electron chi connectivity index (χ2n) is 11.2. The predicted molar refractivity (Wildman–Crippen MR) is 188 cm³/mol. The maximum atomic E-state index is 9.29. The summed E-state index contributed by atoms with van der Waals surface area (Å²) in [5, 5.41) is 14.3. The molecule has 0 aliphatic rings. The molecule has 0 N–H and O–H groups in total. The Hall–Kier alpha value is -6.16. The lowest BCUT2D eigenvalue weighted by molar-refractivity contribution is 1.07. The first-order chi connectivity index (χ1) is 22.7. The first-order valence-corrected chi connectivity index (χ1v) is 15.8. The van der Waals surface area contributed by atoms with Crippen molar-refractivity contribution in [2.45, 2.75) is 0 Å². The normalized spacial score (nSPS) is 11.5. The molecule has 0 saturated heterocycles. The maximum absolute atomic E-state index is 9.29. The molecule has 0 amide bonds. The van der Waals surface area contributed by atoms with Gasteiger partial charge in [0.15, 0.2) is 17.5 Å². The third-order valence-electron chi connectivity index (χ3n) is 8.50. The lowest BCUT2D eigenvalue weighted by atomic mass is 10.1. The highest BCUT2D eigenvalue weighted by Crippen LogP contribution is 2.43. The molecule has 9 aromatic rings. The highest BCUT2D eigenvalue weighted by molar-refractivity contribution is 7.26. The number of hydrogen-bond acceptors (Lipinski definition) is 5. The quantitative estimate of drug-likeness (QED) is 0.200. The van der Waals surface area contributed by atoms with Crippen molar-refractivity contribution >= 4 is 53.3 Å². The molecule has 0 aliphatic heterocycles. The minimum atomic E-state index is 0.562. The van der Waals surface area contributed by atoms with E-state index in [-0.39, 0.29) is 0 Å². The van der Waals surface area contributed by atoms with E-state index < -0.39 is 0 Å². The Labute approximate surface area is 268 Å². The summed E-state index contributed by atoms with van der Waals surface area (Å²) in [4.78, 5) is 14.6. The van der Waals surface area contributed by atoms with Gasteiger partial charge in [0.25, 0.3) is 0 Å². The van der Waals surface area contributed by atoms with E-state index in [1.54, 1.807) is 12.1 Å². The first kappa shape index (κ1) is 26.3. The van der Waals surface area contributed by atoms with Crippen LogP contribution in [0.1, 0.15) is 5.56 Å². The molecule has 0 unspecified atom stereocenters. The molecule has 214 valence electrons. The zero-order chi connectivity index (χ0) is 30.6. The SMILES string of the molecule is N#Cc1ccc(-c2nc(-c3ccccc3)nc(-c3ccc(-n4c5ccccc5c5ccc6c7ccccc7sc6c54)cc3)n2)cc1. The number of rotatable bonds is 4. The summed E-state index contributed by atoms with van der Waals surface area (Å²) in [6, 6.07) is 49.8. The molecule has 0 bridgehead atoms. The van der Waals surface area contributed by atoms with Crippen LogP contribution in [0.25, 0.3) is 81.8 Å². The molecule has 46 heavy (non-hydrogen) atoms. The average molecular weight is 606 g/mol. The molecule has 3 heterocycles. The third kappa shape index (κ3) is 4.18. The van der Waals surface area contributed by atoms with Gasteiger partial charge in [-0.3, -0.25) is 0 Å². The van der Waals surface area contributed by atoms with Crippen molar-refractivity contribution in [3.8, 4) is 45.9 Å². The van der Waals surface area contributed by atoms with Crippen LogP contribution in [-0.2, 0) is 0 Å². The Morgan fingerprint density at radius 2 is 1.07 bits per heavy atom. The summed E-state index contributed by atoms with van der Waals surface area (Å²) in [5.74, 6) is 1.75. The third-order valence-corrected chi connectivity index (χ3v) is 9.70. The van der Waals surface area contributed by atoms with E-state index in [0.29, 0.717) is 23.0 Å². The Kier molecular flexibility index (Phi) is 5.98. The summed E-state index contributed by atoms with van der Waals surface area (Å²) in [5.41, 5.74) is 6.70. The summed E-state index contributed by atoms with van der Waals surface area (Å²) in [7, 11) is 0. The molecule has 3 aromatic heterocycles. The van der Waals surface area contributed by atoms with Crippen LogP contribution in [0.5, 0.6) is 0 Å². The topological polar surface area (TPSA) is 67.4 Å². The fourth-order valence-corrected chi connectivity index (χ4v) is 7.54. The zero-order valence-electron chi connectivity index (χ0n) is 24.4. The molecule has 0 aliphatic carbocycles. The van der Waals surface area contributed by atoms with Crippen molar-refractivity contribution in [1.29, 1.82) is 5.26 Å². The highest BCUT2D eigenvalue weighted by atomic mass is 32.1. The molecule has 0 saturated carbocycles. The number of aromatic nitrogens is 4. The average Bonchev–Trinajstić information content (AvgIpc) is 3.68. The Morgan fingerprint density at radius 3 is 1.76 bits per heavy atom. The number of nitriles is 1. The fourth-order valence-electron chi connectivity index (χ4n) is 6.30. The van der Waals surface area contributed by atoms with Crippen LogP contribution in [0.15, 0.2) is 140 Å². The van der Waals surface area contributed by atoms with Gasteiger partial charge in [0.05, 0.1) is 27.4 Å². The van der Waals surface area contributed by atoms with Gasteiger partial charge in [0, 0.05) is 48.6 Å². The smallest absolute Gasteiger partial charge is 0.164 e. The minimum absolute atomic E-state index is 0.562. The lowest BCUT2D eigenvalue weighted by Crippen LogP contribution is -2.00. The molecule has 9 rings (SSSR count). The van der Waals surface area contributed by atoms with E-state index in [4.69, 9.17) is 15.0 Å². The highest BCUT2D eigenvalue weighted by Gasteiger charge is 2.18. The molecule has 6 heteroatoms. The summed E-state index contributed by atoms with van der Waals surface area (Å²) in [6.45, 7) is 0. The number of hydrogen-bond donors (Lipinski definition) is 0. The Morgan fingerprint density at radius 1 is 0.500 bits per heavy atom. The van der Waals surface area contributed by atoms with E-state index in [0.717, 1.165) is 22.4 Å². The van der Waals surface area contributed by atoms with Gasteiger partial charge in [-0.15, -0.1) is 11.3 Å². The van der Waals surface area contributed by atoms with Crippen LogP contribution in [0.4, 0.5) is 0 Å². The van der Waals surface area contributed by atoms with Crippen LogP contribution in [-0.4, -0.2) is 19.5 Å². The molecular formula is C40H23N5S. The monoisotopic (exact) mass is 605 g/mol. The van der Waals surface area contributed by atoms with Crippen LogP contribution in [0, 0.1) is 11.3 Å². The zero-order valence-corrected chi connectivity index (χ0v) is 25.2. The minimum Gasteiger partial charge on any atom is -0.308 e. The second-order valence-corrected chi connectivity index (χ2v) is 12.2. The summed E-state index contributed by atoms with van der Waals surface area (Å²) < 4.78 is 4.97.